The number of carbonyl (C=O) groups is 2. The maximum atomic E-state index is 13.5. The summed E-state index contributed by atoms with van der Waals surface area (Å²) in [6, 6.07) is 12.1. The number of carbonyl (C=O) groups excluding carboxylic acids is 2. The molecule has 9 nitrogen and oxygen atoms in total. The van der Waals surface area contributed by atoms with Crippen LogP contribution in [0.25, 0.3) is 0 Å². The fraction of sp³-hybridized carbons (Fsp3) is 0.481. The highest BCUT2D eigenvalue weighted by Crippen LogP contribution is 2.36. The molecule has 0 bridgehead atoms. The van der Waals surface area contributed by atoms with E-state index in [1.165, 1.54) is 4.31 Å². The second kappa shape index (κ2) is 12.3. The first kappa shape index (κ1) is 28.3. The topological polar surface area (TPSA) is 105 Å². The molecule has 0 aromatic heterocycles. The zero-order valence-corrected chi connectivity index (χ0v) is 23.0. The van der Waals surface area contributed by atoms with Crippen LogP contribution in [0.15, 0.2) is 42.5 Å². The van der Waals surface area contributed by atoms with Crippen molar-refractivity contribution in [1.29, 1.82) is 0 Å². The number of sulfonamides is 1. The monoisotopic (exact) mass is 531 g/mol. The fourth-order valence-corrected chi connectivity index (χ4v) is 5.31. The molecule has 0 radical (unpaired) electrons. The van der Waals surface area contributed by atoms with Crippen molar-refractivity contribution in [2.45, 2.75) is 65.6 Å². The minimum Gasteiger partial charge on any atom is -0.454 e. The van der Waals surface area contributed by atoms with Gasteiger partial charge < -0.3 is 19.7 Å². The van der Waals surface area contributed by atoms with Crippen LogP contribution in [0, 0.1) is 6.92 Å². The van der Waals surface area contributed by atoms with Gasteiger partial charge in [0.25, 0.3) is 0 Å². The lowest BCUT2D eigenvalue weighted by atomic mass is 10.1. The van der Waals surface area contributed by atoms with E-state index in [1.54, 1.807) is 23.1 Å². The average molecular weight is 532 g/mol. The Hall–Kier alpha value is -3.27. The Morgan fingerprint density at radius 3 is 2.46 bits per heavy atom. The molecule has 0 saturated carbocycles. The lowest BCUT2D eigenvalue weighted by Crippen LogP contribution is -2.50. The molecule has 0 fully saturated rings. The fourth-order valence-electron chi connectivity index (χ4n) is 4.35. The molecular weight excluding hydrogens is 494 g/mol. The lowest BCUT2D eigenvalue weighted by Gasteiger charge is -2.31. The van der Waals surface area contributed by atoms with Crippen LogP contribution < -0.4 is 19.1 Å². The summed E-state index contributed by atoms with van der Waals surface area (Å²) in [4.78, 5) is 28.1. The molecular formula is C27H37N3O6S. The molecule has 3 rings (SSSR count). The number of nitrogens with one attached hydrogen (secondary N) is 1. The zero-order chi connectivity index (χ0) is 27.2. The van der Waals surface area contributed by atoms with E-state index in [0.717, 1.165) is 17.4 Å². The van der Waals surface area contributed by atoms with Gasteiger partial charge in [-0.25, -0.2) is 8.42 Å². The molecule has 1 aliphatic heterocycles. The molecule has 2 aromatic carbocycles. The second-order valence-electron chi connectivity index (χ2n) is 9.57. The van der Waals surface area contributed by atoms with Gasteiger partial charge in [0, 0.05) is 31.6 Å². The van der Waals surface area contributed by atoms with E-state index in [0.29, 0.717) is 30.2 Å². The predicted octanol–water partition coefficient (Wildman–Crippen LogP) is 3.60. The molecule has 1 aliphatic rings. The maximum Gasteiger partial charge on any atom is 0.243 e. The average Bonchev–Trinajstić information content (AvgIpc) is 3.28. The minimum absolute atomic E-state index is 0.0532. The summed E-state index contributed by atoms with van der Waals surface area (Å²) < 4.78 is 37.1. The van der Waals surface area contributed by atoms with Crippen molar-refractivity contribution < 1.29 is 27.5 Å². The maximum absolute atomic E-state index is 13.5. The Morgan fingerprint density at radius 1 is 1.08 bits per heavy atom. The Balaban J connectivity index is 1.76. The van der Waals surface area contributed by atoms with E-state index in [9.17, 15) is 18.0 Å². The number of ether oxygens (including phenoxy) is 2. The lowest BCUT2D eigenvalue weighted by molar-refractivity contribution is -0.141. The van der Waals surface area contributed by atoms with E-state index in [-0.39, 0.29) is 44.0 Å². The largest absolute Gasteiger partial charge is 0.454 e. The number of aryl methyl sites for hydroxylation is 1. The van der Waals surface area contributed by atoms with Crippen LogP contribution in [-0.2, 0) is 26.2 Å². The summed E-state index contributed by atoms with van der Waals surface area (Å²) in [7, 11) is -3.61. The summed E-state index contributed by atoms with van der Waals surface area (Å²) in [6.45, 7) is 8.12. The van der Waals surface area contributed by atoms with Crippen molar-refractivity contribution in [2.75, 3.05) is 23.9 Å². The highest BCUT2D eigenvalue weighted by atomic mass is 32.2. The van der Waals surface area contributed by atoms with Crippen molar-refractivity contribution in [1.82, 2.24) is 10.2 Å². The molecule has 0 aliphatic carbocycles. The van der Waals surface area contributed by atoms with E-state index in [1.807, 2.05) is 52.0 Å². The normalized spacial score (nSPS) is 13.4. The Labute approximate surface area is 219 Å². The van der Waals surface area contributed by atoms with E-state index in [4.69, 9.17) is 9.47 Å². The smallest absolute Gasteiger partial charge is 0.243 e. The molecule has 2 aromatic rings. The van der Waals surface area contributed by atoms with Gasteiger partial charge >= 0.3 is 0 Å². The van der Waals surface area contributed by atoms with Crippen LogP contribution in [0.2, 0.25) is 0 Å². The first-order valence-corrected chi connectivity index (χ1v) is 14.4. The molecule has 1 N–H and O–H groups in total. The number of hydrogen-bond acceptors (Lipinski definition) is 6. The zero-order valence-electron chi connectivity index (χ0n) is 22.2. The van der Waals surface area contributed by atoms with Gasteiger partial charge in [-0.15, -0.1) is 0 Å². The third-order valence-corrected chi connectivity index (χ3v) is 7.24. The van der Waals surface area contributed by atoms with Crippen LogP contribution >= 0.6 is 0 Å². The first-order chi connectivity index (χ1) is 17.5. The molecule has 202 valence electrons. The minimum atomic E-state index is -3.61. The second-order valence-corrected chi connectivity index (χ2v) is 11.5. The van der Waals surface area contributed by atoms with Gasteiger partial charge in [-0.2, -0.15) is 0 Å². The van der Waals surface area contributed by atoms with Crippen molar-refractivity contribution in [2.24, 2.45) is 0 Å². The number of rotatable bonds is 12. The highest BCUT2D eigenvalue weighted by molar-refractivity contribution is 7.92. The summed E-state index contributed by atoms with van der Waals surface area (Å²) in [5, 5.41) is 2.92. The van der Waals surface area contributed by atoms with Gasteiger partial charge in [-0.3, -0.25) is 13.9 Å². The van der Waals surface area contributed by atoms with Gasteiger partial charge in [0.15, 0.2) is 11.5 Å². The molecule has 2 amide bonds. The van der Waals surface area contributed by atoms with Crippen LogP contribution in [0.4, 0.5) is 5.69 Å². The molecule has 0 spiro atoms. The van der Waals surface area contributed by atoms with Crippen molar-refractivity contribution in [3.8, 4) is 11.5 Å². The molecule has 37 heavy (non-hydrogen) atoms. The summed E-state index contributed by atoms with van der Waals surface area (Å²) in [6.07, 6.45) is 1.97. The standard InChI is InChI=1S/C27H37N3O6S/c1-6-23(27(32)28-19(2)3)29(17-21-10-7-9-20(4)15-21)26(31)11-8-14-30(37(5,33)34)22-12-13-24-25(16-22)36-18-35-24/h7,9-10,12-13,15-16,19,23H,6,8,11,14,17-18H2,1-5H3,(H,28,32)/t23-/m1/s1. The molecule has 1 heterocycles. The number of amides is 2. The Bertz CT molecular complexity index is 1210. The van der Waals surface area contributed by atoms with Crippen molar-refractivity contribution >= 4 is 27.5 Å². The predicted molar refractivity (Wildman–Crippen MR) is 143 cm³/mol. The van der Waals surface area contributed by atoms with Crippen LogP contribution in [0.1, 0.15) is 51.2 Å². The number of benzene rings is 2. The highest BCUT2D eigenvalue weighted by Gasteiger charge is 2.29. The van der Waals surface area contributed by atoms with Gasteiger partial charge in [0.2, 0.25) is 28.6 Å². The molecule has 0 saturated heterocycles. The van der Waals surface area contributed by atoms with Crippen LogP contribution in [-0.4, -0.2) is 56.8 Å². The Morgan fingerprint density at radius 2 is 1.81 bits per heavy atom. The number of nitrogens with zero attached hydrogens (tertiary/aromatic N) is 2. The van der Waals surface area contributed by atoms with Gasteiger partial charge in [0.05, 0.1) is 11.9 Å². The van der Waals surface area contributed by atoms with Crippen LogP contribution in [0.3, 0.4) is 0 Å². The van der Waals surface area contributed by atoms with Crippen LogP contribution in [0.5, 0.6) is 11.5 Å². The molecule has 0 unspecified atom stereocenters. The summed E-state index contributed by atoms with van der Waals surface area (Å²) in [5.74, 6) is 0.640. The third-order valence-electron chi connectivity index (χ3n) is 6.05. The Kier molecular flexibility index (Phi) is 9.42. The number of hydrogen-bond donors (Lipinski definition) is 1. The number of anilines is 1. The van der Waals surface area contributed by atoms with E-state index >= 15 is 0 Å². The van der Waals surface area contributed by atoms with Crippen molar-refractivity contribution in [3.05, 3.63) is 53.6 Å². The first-order valence-electron chi connectivity index (χ1n) is 12.5. The summed E-state index contributed by atoms with van der Waals surface area (Å²) >= 11 is 0. The van der Waals surface area contributed by atoms with Gasteiger partial charge in [-0.1, -0.05) is 36.8 Å². The number of fused-ring (bicyclic) bond motifs is 1. The van der Waals surface area contributed by atoms with Gasteiger partial charge in [-0.05, 0) is 51.3 Å². The summed E-state index contributed by atoms with van der Waals surface area (Å²) in [5.41, 5.74) is 2.44. The molecule has 10 heteroatoms. The third kappa shape index (κ3) is 7.61. The van der Waals surface area contributed by atoms with Crippen molar-refractivity contribution in [3.63, 3.8) is 0 Å². The van der Waals surface area contributed by atoms with E-state index < -0.39 is 16.1 Å². The molecule has 1 atom stereocenters. The quantitative estimate of drug-likeness (QED) is 0.449. The van der Waals surface area contributed by atoms with E-state index in [2.05, 4.69) is 5.32 Å². The van der Waals surface area contributed by atoms with Gasteiger partial charge in [0.1, 0.15) is 6.04 Å². The SMILES string of the molecule is CC[C@H](C(=O)NC(C)C)N(Cc1cccc(C)c1)C(=O)CCCN(c1ccc2c(c1)OCO2)S(C)(=O)=O.